The Balaban J connectivity index is 2.41. The Hall–Kier alpha value is -1.35. The molecule has 0 radical (unpaired) electrons. The van der Waals surface area contributed by atoms with Crippen LogP contribution in [0.25, 0.3) is 0 Å². The van der Waals surface area contributed by atoms with Crippen LogP contribution in [0.4, 0.5) is 0 Å². The Bertz CT molecular complexity index is 311. The summed E-state index contributed by atoms with van der Waals surface area (Å²) in [5.41, 5.74) is 1.17. The van der Waals surface area contributed by atoms with Gasteiger partial charge in [0.2, 0.25) is 0 Å². The number of benzene rings is 1. The maximum Gasteiger partial charge on any atom is 0.307 e. The second-order valence-electron chi connectivity index (χ2n) is 3.78. The molecule has 0 bridgehead atoms. The van der Waals surface area contributed by atoms with Crippen molar-refractivity contribution < 1.29 is 9.90 Å². The van der Waals surface area contributed by atoms with Crippen LogP contribution in [0.2, 0.25) is 0 Å². The summed E-state index contributed by atoms with van der Waals surface area (Å²) in [6.07, 6.45) is 0. The molecule has 0 aliphatic heterocycles. The highest BCUT2D eigenvalue weighted by Gasteiger charge is 2.18. The summed E-state index contributed by atoms with van der Waals surface area (Å²) in [4.78, 5) is 10.7. The van der Waals surface area contributed by atoms with Gasteiger partial charge < -0.3 is 10.4 Å². The molecular formula is C12H17NO2. The first-order valence-electron chi connectivity index (χ1n) is 5.11. The maximum atomic E-state index is 10.7. The molecule has 15 heavy (non-hydrogen) atoms. The average Bonchev–Trinajstić information content (AvgIpc) is 2.26. The predicted octanol–water partition coefficient (Wildman–Crippen LogP) is 1.89. The zero-order valence-corrected chi connectivity index (χ0v) is 9.10. The topological polar surface area (TPSA) is 49.3 Å². The summed E-state index contributed by atoms with van der Waals surface area (Å²) in [6.45, 7) is 4.31. The highest BCUT2D eigenvalue weighted by Crippen LogP contribution is 2.04. The molecule has 1 rings (SSSR count). The second kappa shape index (κ2) is 5.51. The zero-order valence-electron chi connectivity index (χ0n) is 9.10. The van der Waals surface area contributed by atoms with Crippen LogP contribution in [0, 0.1) is 5.92 Å². The minimum absolute atomic E-state index is 0.0253. The Labute approximate surface area is 90.1 Å². The lowest BCUT2D eigenvalue weighted by Crippen LogP contribution is -2.35. The molecule has 3 heteroatoms. The van der Waals surface area contributed by atoms with E-state index in [1.807, 2.05) is 37.3 Å². The minimum atomic E-state index is -0.761. The SMILES string of the molecule is CC(NCc1ccccc1)C(C)C(=O)O. The van der Waals surface area contributed by atoms with Crippen LogP contribution in [-0.2, 0) is 11.3 Å². The van der Waals surface area contributed by atoms with Crippen molar-refractivity contribution in [2.24, 2.45) is 5.92 Å². The lowest BCUT2D eigenvalue weighted by atomic mass is 10.0. The van der Waals surface area contributed by atoms with Gasteiger partial charge in [-0.25, -0.2) is 0 Å². The number of nitrogens with one attached hydrogen (secondary N) is 1. The van der Waals surface area contributed by atoms with Gasteiger partial charge in [-0.1, -0.05) is 37.3 Å². The molecule has 0 amide bonds. The molecule has 0 heterocycles. The van der Waals surface area contributed by atoms with Crippen LogP contribution in [0.1, 0.15) is 19.4 Å². The summed E-state index contributed by atoms with van der Waals surface area (Å²) in [5, 5.41) is 12.0. The van der Waals surface area contributed by atoms with Crippen LogP contribution in [0.3, 0.4) is 0 Å². The first kappa shape index (κ1) is 11.7. The van der Waals surface area contributed by atoms with Gasteiger partial charge in [-0.3, -0.25) is 4.79 Å². The van der Waals surface area contributed by atoms with Gasteiger partial charge in [0.25, 0.3) is 0 Å². The van der Waals surface area contributed by atoms with Crippen molar-refractivity contribution in [2.75, 3.05) is 0 Å². The Morgan fingerprint density at radius 3 is 2.47 bits per heavy atom. The van der Waals surface area contributed by atoms with Crippen molar-refractivity contribution in [3.63, 3.8) is 0 Å². The lowest BCUT2D eigenvalue weighted by molar-refractivity contribution is -0.141. The maximum absolute atomic E-state index is 10.7. The molecule has 2 unspecified atom stereocenters. The van der Waals surface area contributed by atoms with E-state index >= 15 is 0 Å². The zero-order chi connectivity index (χ0) is 11.3. The molecule has 2 N–H and O–H groups in total. The van der Waals surface area contributed by atoms with Gasteiger partial charge >= 0.3 is 5.97 Å². The number of hydrogen-bond donors (Lipinski definition) is 2. The van der Waals surface area contributed by atoms with E-state index in [9.17, 15) is 4.79 Å². The first-order valence-corrected chi connectivity index (χ1v) is 5.11. The normalized spacial score (nSPS) is 14.5. The fourth-order valence-electron chi connectivity index (χ4n) is 1.27. The van der Waals surface area contributed by atoms with E-state index in [0.717, 1.165) is 0 Å². The molecular weight excluding hydrogens is 190 g/mol. The third-order valence-corrected chi connectivity index (χ3v) is 2.61. The summed E-state index contributed by atoms with van der Waals surface area (Å²) >= 11 is 0. The van der Waals surface area contributed by atoms with Crippen molar-refractivity contribution in [1.29, 1.82) is 0 Å². The van der Waals surface area contributed by atoms with E-state index in [1.165, 1.54) is 5.56 Å². The third kappa shape index (κ3) is 3.72. The highest BCUT2D eigenvalue weighted by molar-refractivity contribution is 5.70. The number of carboxylic acid groups (broad SMARTS) is 1. The Morgan fingerprint density at radius 2 is 1.93 bits per heavy atom. The highest BCUT2D eigenvalue weighted by atomic mass is 16.4. The molecule has 1 aromatic carbocycles. The van der Waals surface area contributed by atoms with Gasteiger partial charge in [-0.15, -0.1) is 0 Å². The van der Waals surface area contributed by atoms with Crippen molar-refractivity contribution >= 4 is 5.97 Å². The smallest absolute Gasteiger partial charge is 0.307 e. The van der Waals surface area contributed by atoms with E-state index in [4.69, 9.17) is 5.11 Å². The number of carbonyl (C=O) groups is 1. The molecule has 0 spiro atoms. The molecule has 82 valence electrons. The largest absolute Gasteiger partial charge is 0.481 e. The Morgan fingerprint density at radius 1 is 1.33 bits per heavy atom. The molecule has 3 nitrogen and oxygen atoms in total. The predicted molar refractivity (Wildman–Crippen MR) is 59.5 cm³/mol. The van der Waals surface area contributed by atoms with Crippen molar-refractivity contribution in [3.05, 3.63) is 35.9 Å². The summed E-state index contributed by atoms with van der Waals surface area (Å²) in [6, 6.07) is 9.93. The summed E-state index contributed by atoms with van der Waals surface area (Å²) in [7, 11) is 0. The summed E-state index contributed by atoms with van der Waals surface area (Å²) < 4.78 is 0. The molecule has 0 aliphatic carbocycles. The van der Waals surface area contributed by atoms with Crippen LogP contribution in [0.5, 0.6) is 0 Å². The fraction of sp³-hybridized carbons (Fsp3) is 0.417. The molecule has 2 atom stereocenters. The van der Waals surface area contributed by atoms with E-state index in [0.29, 0.717) is 6.54 Å². The minimum Gasteiger partial charge on any atom is -0.481 e. The van der Waals surface area contributed by atoms with Gasteiger partial charge in [0.1, 0.15) is 0 Å². The molecule has 1 aromatic rings. The monoisotopic (exact) mass is 207 g/mol. The second-order valence-corrected chi connectivity index (χ2v) is 3.78. The van der Waals surface area contributed by atoms with Crippen molar-refractivity contribution in [2.45, 2.75) is 26.4 Å². The van der Waals surface area contributed by atoms with Crippen LogP contribution >= 0.6 is 0 Å². The number of aliphatic carboxylic acids is 1. The average molecular weight is 207 g/mol. The lowest BCUT2D eigenvalue weighted by Gasteiger charge is -2.17. The molecule has 0 saturated carbocycles. The molecule has 0 aromatic heterocycles. The van der Waals surface area contributed by atoms with E-state index in [1.54, 1.807) is 6.92 Å². The standard InChI is InChI=1S/C12H17NO2/c1-9(12(14)15)10(2)13-8-11-6-4-3-5-7-11/h3-7,9-10,13H,8H2,1-2H3,(H,14,15). The van der Waals surface area contributed by atoms with E-state index in [2.05, 4.69) is 5.32 Å². The third-order valence-electron chi connectivity index (χ3n) is 2.61. The van der Waals surface area contributed by atoms with Gasteiger partial charge in [0.05, 0.1) is 5.92 Å². The number of rotatable bonds is 5. The Kier molecular flexibility index (Phi) is 4.31. The van der Waals surface area contributed by atoms with Crippen molar-refractivity contribution in [1.82, 2.24) is 5.32 Å². The van der Waals surface area contributed by atoms with Gasteiger partial charge in [-0.2, -0.15) is 0 Å². The first-order chi connectivity index (χ1) is 7.11. The molecule has 0 saturated heterocycles. The van der Waals surface area contributed by atoms with E-state index < -0.39 is 5.97 Å². The van der Waals surface area contributed by atoms with Gasteiger partial charge in [-0.05, 0) is 12.5 Å². The quantitative estimate of drug-likeness (QED) is 0.775. The number of carboxylic acids is 1. The van der Waals surface area contributed by atoms with Crippen LogP contribution < -0.4 is 5.32 Å². The number of hydrogen-bond acceptors (Lipinski definition) is 2. The molecule has 0 fully saturated rings. The van der Waals surface area contributed by atoms with Gasteiger partial charge in [0, 0.05) is 12.6 Å². The molecule has 0 aliphatic rings. The summed E-state index contributed by atoms with van der Waals surface area (Å²) in [5.74, 6) is -1.13. The van der Waals surface area contributed by atoms with Crippen LogP contribution in [-0.4, -0.2) is 17.1 Å². The van der Waals surface area contributed by atoms with E-state index in [-0.39, 0.29) is 12.0 Å². The van der Waals surface area contributed by atoms with Crippen molar-refractivity contribution in [3.8, 4) is 0 Å². The van der Waals surface area contributed by atoms with Crippen LogP contribution in [0.15, 0.2) is 30.3 Å². The fourth-order valence-corrected chi connectivity index (χ4v) is 1.27. The van der Waals surface area contributed by atoms with Gasteiger partial charge in [0.15, 0.2) is 0 Å².